The highest BCUT2D eigenvalue weighted by Gasteiger charge is 2.19. The van der Waals surface area contributed by atoms with Crippen molar-refractivity contribution in [3.05, 3.63) is 63.6 Å². The zero-order valence-corrected chi connectivity index (χ0v) is 12.8. The number of nitrogens with zero attached hydrogens (tertiary/aromatic N) is 1. The molecule has 0 spiro atoms. The van der Waals surface area contributed by atoms with E-state index in [-0.39, 0.29) is 17.8 Å². The Morgan fingerprint density at radius 3 is 2.48 bits per heavy atom. The number of anilines is 1. The number of carbonyl (C=O) groups is 1. The second-order valence-electron chi connectivity index (χ2n) is 4.64. The maximum atomic E-state index is 13.8. The number of hydrogen-bond donors (Lipinski definition) is 1. The van der Waals surface area contributed by atoms with Crippen molar-refractivity contribution >= 4 is 27.5 Å². The Kier molecular flexibility index (Phi) is 4.57. The maximum Gasteiger partial charge on any atom is 0.257 e. The monoisotopic (exact) mass is 354 g/mol. The van der Waals surface area contributed by atoms with Crippen LogP contribution in [0.25, 0.3) is 0 Å². The molecule has 0 aliphatic heterocycles. The van der Waals surface area contributed by atoms with Crippen molar-refractivity contribution in [1.82, 2.24) is 4.90 Å². The maximum absolute atomic E-state index is 13.8. The second-order valence-corrected chi connectivity index (χ2v) is 5.56. The molecular weight excluding hydrogens is 342 g/mol. The fraction of sp³-hybridized carbons (Fsp3) is 0.133. The van der Waals surface area contributed by atoms with E-state index in [0.29, 0.717) is 0 Å². The molecule has 6 heteroatoms. The molecule has 0 aliphatic rings. The zero-order valence-electron chi connectivity index (χ0n) is 11.2. The minimum Gasteiger partial charge on any atom is -0.396 e. The average Bonchev–Trinajstić information content (AvgIpc) is 2.44. The minimum atomic E-state index is -0.899. The third-order valence-corrected chi connectivity index (χ3v) is 3.50. The Hall–Kier alpha value is -1.95. The molecule has 0 unspecified atom stereocenters. The molecule has 0 atom stereocenters. The quantitative estimate of drug-likeness (QED) is 0.856. The van der Waals surface area contributed by atoms with Crippen LogP contribution in [0.3, 0.4) is 0 Å². The number of benzene rings is 2. The first-order valence-electron chi connectivity index (χ1n) is 6.13. The third-order valence-electron chi connectivity index (χ3n) is 2.98. The minimum absolute atomic E-state index is 0.280. The molecule has 3 nitrogen and oxygen atoms in total. The molecule has 0 bridgehead atoms. The van der Waals surface area contributed by atoms with Gasteiger partial charge in [0.2, 0.25) is 0 Å². The first kappa shape index (κ1) is 15.4. The zero-order chi connectivity index (χ0) is 15.6. The van der Waals surface area contributed by atoms with Gasteiger partial charge < -0.3 is 10.6 Å². The molecule has 1 amide bonds. The van der Waals surface area contributed by atoms with Crippen LogP contribution >= 0.6 is 15.9 Å². The van der Waals surface area contributed by atoms with Crippen molar-refractivity contribution < 1.29 is 13.6 Å². The molecule has 0 radical (unpaired) electrons. The molecule has 0 saturated carbocycles. The van der Waals surface area contributed by atoms with Crippen molar-refractivity contribution in [1.29, 1.82) is 0 Å². The largest absolute Gasteiger partial charge is 0.396 e. The van der Waals surface area contributed by atoms with Gasteiger partial charge in [0.25, 0.3) is 5.91 Å². The van der Waals surface area contributed by atoms with E-state index >= 15 is 0 Å². The van der Waals surface area contributed by atoms with Gasteiger partial charge in [0, 0.05) is 18.1 Å². The van der Waals surface area contributed by atoms with Gasteiger partial charge in [0.05, 0.1) is 11.3 Å². The summed E-state index contributed by atoms with van der Waals surface area (Å²) in [5, 5.41) is 0. The summed E-state index contributed by atoms with van der Waals surface area (Å²) in [6, 6.07) is 9.06. The van der Waals surface area contributed by atoms with Crippen LogP contribution in [0.2, 0.25) is 0 Å². The molecule has 2 aromatic rings. The third kappa shape index (κ3) is 3.58. The summed E-state index contributed by atoms with van der Waals surface area (Å²) in [6.45, 7) is 0.280. The van der Waals surface area contributed by atoms with Gasteiger partial charge in [-0.05, 0) is 29.8 Å². The molecule has 0 aromatic heterocycles. The lowest BCUT2D eigenvalue weighted by Crippen LogP contribution is -2.27. The van der Waals surface area contributed by atoms with Gasteiger partial charge in [-0.1, -0.05) is 28.1 Å². The summed E-state index contributed by atoms with van der Waals surface area (Å²) in [4.78, 5) is 13.5. The first-order valence-corrected chi connectivity index (χ1v) is 6.92. The molecule has 0 aliphatic carbocycles. The summed E-state index contributed by atoms with van der Waals surface area (Å²) in [6.07, 6.45) is 0. The van der Waals surface area contributed by atoms with E-state index in [4.69, 9.17) is 5.73 Å². The van der Waals surface area contributed by atoms with E-state index in [9.17, 15) is 13.6 Å². The van der Waals surface area contributed by atoms with Gasteiger partial charge in [-0.2, -0.15) is 0 Å². The molecule has 2 rings (SSSR count). The van der Waals surface area contributed by atoms with Gasteiger partial charge in [0.15, 0.2) is 5.82 Å². The Balaban J connectivity index is 2.21. The fourth-order valence-corrected chi connectivity index (χ4v) is 2.17. The normalized spacial score (nSPS) is 10.5. The first-order chi connectivity index (χ1) is 9.88. The van der Waals surface area contributed by atoms with Crippen LogP contribution in [0, 0.1) is 11.6 Å². The molecular formula is C15H13BrF2N2O. The number of rotatable bonds is 3. The van der Waals surface area contributed by atoms with Crippen LogP contribution < -0.4 is 5.73 Å². The highest BCUT2D eigenvalue weighted by atomic mass is 79.9. The fourth-order valence-electron chi connectivity index (χ4n) is 1.91. The van der Waals surface area contributed by atoms with Crippen LogP contribution in [0.5, 0.6) is 0 Å². The summed E-state index contributed by atoms with van der Waals surface area (Å²) >= 11 is 3.32. The molecule has 2 aromatic carbocycles. The highest BCUT2D eigenvalue weighted by Crippen LogP contribution is 2.20. The second kappa shape index (κ2) is 6.22. The number of hydrogen-bond acceptors (Lipinski definition) is 2. The van der Waals surface area contributed by atoms with Crippen molar-refractivity contribution in [3.63, 3.8) is 0 Å². The molecule has 0 saturated heterocycles. The van der Waals surface area contributed by atoms with Crippen LogP contribution in [0.15, 0.2) is 40.9 Å². The van der Waals surface area contributed by atoms with E-state index in [1.165, 1.54) is 11.9 Å². The van der Waals surface area contributed by atoms with Crippen LogP contribution in [-0.4, -0.2) is 17.9 Å². The van der Waals surface area contributed by atoms with Crippen molar-refractivity contribution in [2.75, 3.05) is 12.8 Å². The average molecular weight is 355 g/mol. The van der Waals surface area contributed by atoms with Crippen LogP contribution in [-0.2, 0) is 6.54 Å². The lowest BCUT2D eigenvalue weighted by Gasteiger charge is -2.18. The van der Waals surface area contributed by atoms with E-state index in [2.05, 4.69) is 15.9 Å². The van der Waals surface area contributed by atoms with Gasteiger partial charge >= 0.3 is 0 Å². The number of nitrogens with two attached hydrogens (primary N) is 1. The molecule has 110 valence electrons. The van der Waals surface area contributed by atoms with E-state index in [1.807, 2.05) is 24.3 Å². The Labute approximate surface area is 129 Å². The van der Waals surface area contributed by atoms with E-state index < -0.39 is 17.5 Å². The molecule has 2 N–H and O–H groups in total. The van der Waals surface area contributed by atoms with E-state index in [0.717, 1.165) is 22.2 Å². The Bertz CT molecular complexity index is 674. The predicted octanol–water partition coefficient (Wildman–Crippen LogP) is 3.58. The number of nitrogen functional groups attached to an aromatic ring is 1. The van der Waals surface area contributed by atoms with Crippen LogP contribution in [0.1, 0.15) is 15.9 Å². The standard InChI is InChI=1S/C15H13BrF2N2O/c1-20(8-9-2-4-10(16)5-3-9)15(21)12-6-11(17)7-13(19)14(12)18/h2-7H,8,19H2,1H3. The summed E-state index contributed by atoms with van der Waals surface area (Å²) in [5.74, 6) is -2.26. The van der Waals surface area contributed by atoms with Gasteiger partial charge in [-0.15, -0.1) is 0 Å². The number of carbonyl (C=O) groups excluding carboxylic acids is 1. The lowest BCUT2D eigenvalue weighted by molar-refractivity contribution is 0.0780. The molecule has 0 fully saturated rings. The van der Waals surface area contributed by atoms with Crippen molar-refractivity contribution in [2.45, 2.75) is 6.54 Å². The molecule has 0 heterocycles. The smallest absolute Gasteiger partial charge is 0.257 e. The lowest BCUT2D eigenvalue weighted by atomic mass is 10.1. The van der Waals surface area contributed by atoms with Gasteiger partial charge in [0.1, 0.15) is 5.82 Å². The van der Waals surface area contributed by atoms with Crippen molar-refractivity contribution in [3.8, 4) is 0 Å². The number of amides is 1. The SMILES string of the molecule is CN(Cc1ccc(Br)cc1)C(=O)c1cc(F)cc(N)c1F. The Morgan fingerprint density at radius 1 is 1.24 bits per heavy atom. The molecule has 21 heavy (non-hydrogen) atoms. The summed E-state index contributed by atoms with van der Waals surface area (Å²) in [7, 11) is 1.52. The Morgan fingerprint density at radius 2 is 1.86 bits per heavy atom. The highest BCUT2D eigenvalue weighted by molar-refractivity contribution is 9.10. The summed E-state index contributed by atoms with van der Waals surface area (Å²) in [5.41, 5.74) is 5.46. The van der Waals surface area contributed by atoms with Gasteiger partial charge in [-0.3, -0.25) is 4.79 Å². The van der Waals surface area contributed by atoms with Gasteiger partial charge in [-0.25, -0.2) is 8.78 Å². The van der Waals surface area contributed by atoms with Crippen LogP contribution in [0.4, 0.5) is 14.5 Å². The summed E-state index contributed by atoms with van der Waals surface area (Å²) < 4.78 is 28.0. The number of halogens is 3. The van der Waals surface area contributed by atoms with Crippen molar-refractivity contribution in [2.24, 2.45) is 0 Å². The topological polar surface area (TPSA) is 46.3 Å². The predicted molar refractivity (Wildman–Crippen MR) is 80.7 cm³/mol. The van der Waals surface area contributed by atoms with E-state index in [1.54, 1.807) is 0 Å².